The van der Waals surface area contributed by atoms with Gasteiger partial charge in [-0.2, -0.15) is 0 Å². The van der Waals surface area contributed by atoms with Crippen LogP contribution < -0.4 is 9.47 Å². The van der Waals surface area contributed by atoms with Crippen molar-refractivity contribution in [3.63, 3.8) is 0 Å². The Morgan fingerprint density at radius 1 is 1.40 bits per heavy atom. The Labute approximate surface area is 113 Å². The van der Waals surface area contributed by atoms with Gasteiger partial charge in [-0.3, -0.25) is 4.79 Å². The summed E-state index contributed by atoms with van der Waals surface area (Å²) in [5.41, 5.74) is 0.754. The SMILES string of the molecule is CCOC(=O)Cc1c(C)cnc(OC(F)(F)F)c1OC. The molecule has 0 spiro atoms. The van der Waals surface area contributed by atoms with Crippen LogP contribution in [0.3, 0.4) is 0 Å². The van der Waals surface area contributed by atoms with Gasteiger partial charge in [0.2, 0.25) is 0 Å². The summed E-state index contributed by atoms with van der Waals surface area (Å²) < 4.78 is 50.2. The molecule has 1 aromatic rings. The average molecular weight is 293 g/mol. The fraction of sp³-hybridized carbons (Fsp3) is 0.500. The van der Waals surface area contributed by atoms with Gasteiger partial charge < -0.3 is 14.2 Å². The van der Waals surface area contributed by atoms with Crippen molar-refractivity contribution in [2.45, 2.75) is 26.6 Å². The molecule has 1 rings (SSSR count). The normalized spacial score (nSPS) is 11.1. The maximum Gasteiger partial charge on any atom is 0.574 e. The van der Waals surface area contributed by atoms with E-state index in [4.69, 9.17) is 9.47 Å². The van der Waals surface area contributed by atoms with E-state index in [1.807, 2.05) is 0 Å². The first-order valence-corrected chi connectivity index (χ1v) is 5.72. The van der Waals surface area contributed by atoms with E-state index in [-0.39, 0.29) is 24.3 Å². The minimum Gasteiger partial charge on any atom is -0.491 e. The Kier molecular flexibility index (Phi) is 5.18. The second kappa shape index (κ2) is 6.44. The van der Waals surface area contributed by atoms with Gasteiger partial charge in [-0.15, -0.1) is 13.2 Å². The van der Waals surface area contributed by atoms with Crippen molar-refractivity contribution >= 4 is 5.97 Å². The number of ether oxygens (including phenoxy) is 3. The van der Waals surface area contributed by atoms with Crippen LogP contribution in [-0.4, -0.2) is 31.0 Å². The lowest BCUT2D eigenvalue weighted by Crippen LogP contribution is -2.19. The van der Waals surface area contributed by atoms with Crippen molar-refractivity contribution in [3.05, 3.63) is 17.3 Å². The maximum absolute atomic E-state index is 12.3. The largest absolute Gasteiger partial charge is 0.574 e. The van der Waals surface area contributed by atoms with Gasteiger partial charge in [0, 0.05) is 11.8 Å². The predicted molar refractivity (Wildman–Crippen MR) is 62.5 cm³/mol. The summed E-state index contributed by atoms with van der Waals surface area (Å²) in [4.78, 5) is 15.0. The van der Waals surface area contributed by atoms with Gasteiger partial charge in [0.05, 0.1) is 20.1 Å². The lowest BCUT2D eigenvalue weighted by Gasteiger charge is -2.16. The average Bonchev–Trinajstić information content (AvgIpc) is 2.32. The molecule has 20 heavy (non-hydrogen) atoms. The fourth-order valence-corrected chi connectivity index (χ4v) is 1.57. The highest BCUT2D eigenvalue weighted by atomic mass is 19.4. The highest BCUT2D eigenvalue weighted by Gasteiger charge is 2.34. The van der Waals surface area contributed by atoms with Gasteiger partial charge in [-0.05, 0) is 19.4 Å². The number of hydrogen-bond acceptors (Lipinski definition) is 5. The molecule has 0 atom stereocenters. The summed E-state index contributed by atoms with van der Waals surface area (Å²) in [6.45, 7) is 3.41. The van der Waals surface area contributed by atoms with Gasteiger partial charge in [-0.1, -0.05) is 0 Å². The summed E-state index contributed by atoms with van der Waals surface area (Å²) in [5, 5.41) is 0. The number of pyridine rings is 1. The molecule has 0 bridgehead atoms. The van der Waals surface area contributed by atoms with Crippen molar-refractivity contribution in [2.75, 3.05) is 13.7 Å². The summed E-state index contributed by atoms with van der Waals surface area (Å²) in [6.07, 6.45) is -3.94. The molecule has 0 aliphatic carbocycles. The molecule has 0 unspecified atom stereocenters. The van der Waals surface area contributed by atoms with E-state index in [0.717, 1.165) is 0 Å². The third kappa shape index (κ3) is 4.29. The summed E-state index contributed by atoms with van der Waals surface area (Å²) in [5.74, 6) is -1.53. The highest BCUT2D eigenvalue weighted by molar-refractivity contribution is 5.74. The zero-order chi connectivity index (χ0) is 15.3. The number of aryl methyl sites for hydroxylation is 1. The van der Waals surface area contributed by atoms with Crippen molar-refractivity contribution in [1.82, 2.24) is 4.98 Å². The number of nitrogens with zero attached hydrogens (tertiary/aromatic N) is 1. The highest BCUT2D eigenvalue weighted by Crippen LogP contribution is 2.34. The predicted octanol–water partition coefficient (Wildman–Crippen LogP) is 2.40. The van der Waals surface area contributed by atoms with Crippen LogP contribution in [0.15, 0.2) is 6.20 Å². The van der Waals surface area contributed by atoms with Gasteiger partial charge in [0.1, 0.15) is 0 Å². The summed E-state index contributed by atoms with van der Waals surface area (Å²) >= 11 is 0. The second-order valence-electron chi connectivity index (χ2n) is 3.79. The number of carbonyl (C=O) groups excluding carboxylic acids is 1. The number of rotatable bonds is 5. The second-order valence-corrected chi connectivity index (χ2v) is 3.79. The summed E-state index contributed by atoms with van der Waals surface area (Å²) in [7, 11) is 1.17. The maximum atomic E-state index is 12.3. The van der Waals surface area contributed by atoms with Gasteiger partial charge >= 0.3 is 12.3 Å². The van der Waals surface area contributed by atoms with Crippen LogP contribution >= 0.6 is 0 Å². The lowest BCUT2D eigenvalue weighted by atomic mass is 10.1. The van der Waals surface area contributed by atoms with Crippen LogP contribution in [0.1, 0.15) is 18.1 Å². The van der Waals surface area contributed by atoms with E-state index in [9.17, 15) is 18.0 Å². The van der Waals surface area contributed by atoms with Crippen LogP contribution in [0.25, 0.3) is 0 Å². The molecule has 0 saturated heterocycles. The lowest BCUT2D eigenvalue weighted by molar-refractivity contribution is -0.276. The number of carbonyl (C=O) groups is 1. The molecule has 5 nitrogen and oxygen atoms in total. The zero-order valence-electron chi connectivity index (χ0n) is 11.2. The molecule has 0 aromatic carbocycles. The molecular formula is C12H14F3NO4. The van der Waals surface area contributed by atoms with E-state index in [2.05, 4.69) is 9.72 Å². The molecule has 0 saturated carbocycles. The van der Waals surface area contributed by atoms with Crippen LogP contribution in [0.5, 0.6) is 11.6 Å². The number of halogens is 3. The molecule has 1 heterocycles. The molecule has 0 fully saturated rings. The molecule has 0 aliphatic heterocycles. The first kappa shape index (κ1) is 16.1. The Morgan fingerprint density at radius 2 is 2.05 bits per heavy atom. The number of alkyl halides is 3. The van der Waals surface area contributed by atoms with Gasteiger partial charge in [-0.25, -0.2) is 4.98 Å². The number of esters is 1. The Hall–Kier alpha value is -1.99. The number of aromatic nitrogens is 1. The van der Waals surface area contributed by atoms with E-state index in [1.54, 1.807) is 13.8 Å². The van der Waals surface area contributed by atoms with E-state index < -0.39 is 18.2 Å². The first-order chi connectivity index (χ1) is 9.28. The molecule has 112 valence electrons. The van der Waals surface area contributed by atoms with Crippen molar-refractivity contribution in [3.8, 4) is 11.6 Å². The molecule has 1 aromatic heterocycles. The van der Waals surface area contributed by atoms with Crippen LogP contribution in [0.2, 0.25) is 0 Å². The number of methoxy groups -OCH3 is 1. The van der Waals surface area contributed by atoms with Gasteiger partial charge in [0.25, 0.3) is 5.88 Å². The van der Waals surface area contributed by atoms with Crippen molar-refractivity contribution in [2.24, 2.45) is 0 Å². The quantitative estimate of drug-likeness (QED) is 0.780. The third-order valence-corrected chi connectivity index (χ3v) is 2.36. The molecule has 8 heteroatoms. The number of hydrogen-bond donors (Lipinski definition) is 0. The van der Waals surface area contributed by atoms with E-state index in [1.165, 1.54) is 13.3 Å². The first-order valence-electron chi connectivity index (χ1n) is 5.72. The Bertz CT molecular complexity index is 488. The molecule has 0 radical (unpaired) electrons. The van der Waals surface area contributed by atoms with Crippen LogP contribution in [0, 0.1) is 6.92 Å². The van der Waals surface area contributed by atoms with Gasteiger partial charge in [0.15, 0.2) is 5.75 Å². The van der Waals surface area contributed by atoms with E-state index in [0.29, 0.717) is 5.56 Å². The molecule has 0 aliphatic rings. The van der Waals surface area contributed by atoms with Crippen LogP contribution in [-0.2, 0) is 16.0 Å². The zero-order valence-corrected chi connectivity index (χ0v) is 11.2. The Balaban J connectivity index is 3.14. The van der Waals surface area contributed by atoms with Crippen molar-refractivity contribution in [1.29, 1.82) is 0 Å². The standard InChI is InChI=1S/C12H14F3NO4/c1-4-19-9(17)5-8-7(2)6-16-11(10(8)18-3)20-12(13,14)15/h6H,4-5H2,1-3H3. The van der Waals surface area contributed by atoms with Crippen LogP contribution in [0.4, 0.5) is 13.2 Å². The molecular weight excluding hydrogens is 279 g/mol. The smallest absolute Gasteiger partial charge is 0.491 e. The summed E-state index contributed by atoms with van der Waals surface area (Å²) in [6, 6.07) is 0. The molecule has 0 amide bonds. The third-order valence-electron chi connectivity index (χ3n) is 2.36. The molecule has 0 N–H and O–H groups in total. The minimum absolute atomic E-state index is 0.178. The van der Waals surface area contributed by atoms with Crippen molar-refractivity contribution < 1.29 is 32.2 Å². The minimum atomic E-state index is -4.89. The topological polar surface area (TPSA) is 57.7 Å². The fourth-order valence-electron chi connectivity index (χ4n) is 1.57. The van der Waals surface area contributed by atoms with E-state index >= 15 is 0 Å². The monoisotopic (exact) mass is 293 g/mol. The Morgan fingerprint density at radius 3 is 2.55 bits per heavy atom.